The summed E-state index contributed by atoms with van der Waals surface area (Å²) in [6, 6.07) is 21.7. The lowest BCUT2D eigenvalue weighted by Crippen LogP contribution is -2.32. The highest BCUT2D eigenvalue weighted by molar-refractivity contribution is 6.30. The van der Waals surface area contributed by atoms with Gasteiger partial charge < -0.3 is 19.6 Å². The first kappa shape index (κ1) is 27.4. The molecule has 1 aliphatic rings. The van der Waals surface area contributed by atoms with E-state index in [0.717, 1.165) is 44.8 Å². The first-order chi connectivity index (χ1) is 19.1. The molecule has 0 amide bonds. The van der Waals surface area contributed by atoms with Crippen LogP contribution in [0.3, 0.4) is 0 Å². The number of aryl methyl sites for hydroxylation is 1. The second-order valence-electron chi connectivity index (χ2n) is 10.5. The number of halogens is 2. The molecule has 40 heavy (non-hydrogen) atoms. The Morgan fingerprint density at radius 1 is 0.925 bits per heavy atom. The molecule has 1 heterocycles. The van der Waals surface area contributed by atoms with Crippen molar-refractivity contribution in [2.24, 2.45) is 0 Å². The Labute approximate surface area is 239 Å². The second kappa shape index (κ2) is 11.1. The highest BCUT2D eigenvalue weighted by Gasteiger charge is 2.27. The normalized spacial score (nSPS) is 13.5. The first-order valence-corrected chi connectivity index (χ1v) is 13.4. The fourth-order valence-electron chi connectivity index (χ4n) is 5.11. The van der Waals surface area contributed by atoms with Crippen molar-refractivity contribution in [3.8, 4) is 28.4 Å². The van der Waals surface area contributed by atoms with Crippen molar-refractivity contribution in [2.45, 2.75) is 39.8 Å². The highest BCUT2D eigenvalue weighted by Crippen LogP contribution is 2.43. The van der Waals surface area contributed by atoms with Crippen LogP contribution in [0.15, 0.2) is 78.9 Å². The van der Waals surface area contributed by atoms with E-state index in [1.54, 1.807) is 25.3 Å². The summed E-state index contributed by atoms with van der Waals surface area (Å²) in [5.41, 5.74) is 10.4. The molecule has 0 aliphatic carbocycles. The fraction of sp³-hybridized carbons (Fsp3) is 0.212. The van der Waals surface area contributed by atoms with Gasteiger partial charge in [0.15, 0.2) is 5.75 Å². The van der Waals surface area contributed by atoms with Crippen LogP contribution in [0.5, 0.6) is 17.2 Å². The van der Waals surface area contributed by atoms with Crippen molar-refractivity contribution >= 4 is 28.5 Å². The summed E-state index contributed by atoms with van der Waals surface area (Å²) in [4.78, 5) is 5.80. The summed E-state index contributed by atoms with van der Waals surface area (Å²) in [7, 11) is 1.63. The van der Waals surface area contributed by atoms with Gasteiger partial charge in [0.05, 0.1) is 18.3 Å². The van der Waals surface area contributed by atoms with Crippen molar-refractivity contribution < 1.29 is 18.7 Å². The van der Waals surface area contributed by atoms with Crippen LogP contribution >= 0.6 is 11.6 Å². The lowest BCUT2D eigenvalue weighted by molar-refractivity contribution is 0.302. The third kappa shape index (κ3) is 5.87. The van der Waals surface area contributed by atoms with E-state index in [4.69, 9.17) is 25.9 Å². The number of allylic oxidation sites excluding steroid dienone is 1. The van der Waals surface area contributed by atoms with Gasteiger partial charge in [0, 0.05) is 39.5 Å². The quantitative estimate of drug-likeness (QED) is 0.211. The minimum absolute atomic E-state index is 0.192. The van der Waals surface area contributed by atoms with Crippen LogP contribution in [0, 0.1) is 12.7 Å². The molecule has 0 fully saturated rings. The van der Waals surface area contributed by atoms with E-state index in [9.17, 15) is 4.39 Å². The number of anilines is 2. The zero-order valence-electron chi connectivity index (χ0n) is 23.2. The van der Waals surface area contributed by atoms with E-state index >= 15 is 0 Å². The lowest BCUT2D eigenvalue weighted by Gasteiger charge is -2.33. The van der Waals surface area contributed by atoms with Crippen LogP contribution < -0.4 is 25.1 Å². The molecule has 1 aliphatic heterocycles. The molecule has 5 nitrogen and oxygen atoms in total. The van der Waals surface area contributed by atoms with Crippen molar-refractivity contribution in [3.63, 3.8) is 0 Å². The third-order valence-electron chi connectivity index (χ3n) is 6.84. The van der Waals surface area contributed by atoms with Crippen molar-refractivity contribution in [3.05, 3.63) is 106 Å². The Bertz CT molecular complexity index is 1600. The van der Waals surface area contributed by atoms with E-state index in [1.807, 2.05) is 37.3 Å². The van der Waals surface area contributed by atoms with E-state index in [1.165, 1.54) is 12.1 Å². The molecule has 5 rings (SSSR count). The molecule has 0 atom stereocenters. The molecule has 0 unspecified atom stereocenters. The van der Waals surface area contributed by atoms with E-state index < -0.39 is 0 Å². The Morgan fingerprint density at radius 2 is 1.73 bits per heavy atom. The SMILES string of the molecule is COc1cc(ONc2cccc(Cl)c2)ccc1-c1ccc2c(c1COc1cc(F)ccc1C)C(C)=CC(C)(C)N2. The smallest absolute Gasteiger partial charge is 0.158 e. The lowest BCUT2D eigenvalue weighted by atomic mass is 9.85. The second-order valence-corrected chi connectivity index (χ2v) is 10.9. The van der Waals surface area contributed by atoms with Gasteiger partial charge >= 0.3 is 0 Å². The van der Waals surface area contributed by atoms with Gasteiger partial charge in [-0.2, -0.15) is 0 Å². The number of nitrogens with one attached hydrogen (secondary N) is 2. The van der Waals surface area contributed by atoms with Crippen LogP contribution in [0.2, 0.25) is 5.02 Å². The van der Waals surface area contributed by atoms with E-state index in [0.29, 0.717) is 22.3 Å². The van der Waals surface area contributed by atoms with Gasteiger partial charge in [0.2, 0.25) is 0 Å². The topological polar surface area (TPSA) is 51.8 Å². The van der Waals surface area contributed by atoms with Gasteiger partial charge in [0.25, 0.3) is 0 Å². The molecule has 0 spiro atoms. The number of rotatable bonds is 8. The van der Waals surface area contributed by atoms with E-state index in [2.05, 4.69) is 49.8 Å². The third-order valence-corrected chi connectivity index (χ3v) is 7.07. The summed E-state index contributed by atoms with van der Waals surface area (Å²) >= 11 is 6.08. The molecule has 2 N–H and O–H groups in total. The average molecular weight is 559 g/mol. The molecule has 0 radical (unpaired) electrons. The monoisotopic (exact) mass is 558 g/mol. The number of benzene rings is 4. The van der Waals surface area contributed by atoms with Crippen LogP contribution in [-0.2, 0) is 6.61 Å². The molecule has 4 aromatic carbocycles. The van der Waals surface area contributed by atoms with E-state index in [-0.39, 0.29) is 18.0 Å². The largest absolute Gasteiger partial charge is 0.496 e. The van der Waals surface area contributed by atoms with Crippen LogP contribution in [0.4, 0.5) is 15.8 Å². The van der Waals surface area contributed by atoms with Gasteiger partial charge in [-0.3, -0.25) is 0 Å². The predicted octanol–water partition coefficient (Wildman–Crippen LogP) is 9.06. The van der Waals surface area contributed by atoms with Gasteiger partial charge in [-0.05, 0) is 86.9 Å². The molecule has 0 bridgehead atoms. The summed E-state index contributed by atoms with van der Waals surface area (Å²) in [5, 5.41) is 4.23. The summed E-state index contributed by atoms with van der Waals surface area (Å²) in [6.07, 6.45) is 2.21. The Hall–Kier alpha value is -4.16. The van der Waals surface area contributed by atoms with Gasteiger partial charge in [0.1, 0.15) is 23.9 Å². The summed E-state index contributed by atoms with van der Waals surface area (Å²) in [6.45, 7) is 8.54. The zero-order chi connectivity index (χ0) is 28.4. The number of methoxy groups -OCH3 is 1. The molecular weight excluding hydrogens is 527 g/mol. The van der Waals surface area contributed by atoms with Gasteiger partial charge in [-0.1, -0.05) is 35.9 Å². The molecule has 206 valence electrons. The highest BCUT2D eigenvalue weighted by atomic mass is 35.5. The number of hydrogen-bond acceptors (Lipinski definition) is 5. The molecular formula is C33H32ClFN2O3. The zero-order valence-corrected chi connectivity index (χ0v) is 23.9. The molecule has 0 saturated heterocycles. The maximum atomic E-state index is 14.0. The summed E-state index contributed by atoms with van der Waals surface area (Å²) in [5.74, 6) is 1.39. The minimum atomic E-state index is -0.334. The Kier molecular flexibility index (Phi) is 7.63. The van der Waals surface area contributed by atoms with Crippen LogP contribution in [0.1, 0.15) is 37.5 Å². The molecule has 0 aromatic heterocycles. The average Bonchev–Trinajstić information content (AvgIpc) is 2.91. The first-order valence-electron chi connectivity index (χ1n) is 13.0. The predicted molar refractivity (Wildman–Crippen MR) is 161 cm³/mol. The maximum Gasteiger partial charge on any atom is 0.158 e. The van der Waals surface area contributed by atoms with Crippen molar-refractivity contribution in [2.75, 3.05) is 17.9 Å². The van der Waals surface area contributed by atoms with Gasteiger partial charge in [-0.25, -0.2) is 9.87 Å². The number of hydrogen-bond donors (Lipinski definition) is 2. The molecule has 4 aromatic rings. The minimum Gasteiger partial charge on any atom is -0.496 e. The number of fused-ring (bicyclic) bond motifs is 1. The van der Waals surface area contributed by atoms with Crippen molar-refractivity contribution in [1.82, 2.24) is 0 Å². The Balaban J connectivity index is 1.54. The van der Waals surface area contributed by atoms with Crippen molar-refractivity contribution in [1.29, 1.82) is 0 Å². The maximum absolute atomic E-state index is 14.0. The van der Waals surface area contributed by atoms with Gasteiger partial charge in [-0.15, -0.1) is 0 Å². The molecule has 7 heteroatoms. The standard InChI is InChI=1S/C33H32ClFN2O3/c1-20-9-10-23(35)16-30(20)39-19-28-26(13-14-29-32(28)21(2)18-33(3,4)36-29)27-12-11-25(17-31(27)38-5)40-37-24-8-6-7-22(34)15-24/h6-18,36-37H,19H2,1-5H3. The molecule has 0 saturated carbocycles. The van der Waals surface area contributed by atoms with Crippen LogP contribution in [0.25, 0.3) is 16.7 Å². The Morgan fingerprint density at radius 3 is 2.50 bits per heavy atom. The number of ether oxygens (including phenoxy) is 2. The van der Waals surface area contributed by atoms with Crippen LogP contribution in [-0.4, -0.2) is 12.6 Å². The fourth-order valence-corrected chi connectivity index (χ4v) is 5.30. The summed E-state index contributed by atoms with van der Waals surface area (Å²) < 4.78 is 26.1.